The van der Waals surface area contributed by atoms with Gasteiger partial charge in [0.2, 0.25) is 0 Å². The predicted octanol–water partition coefficient (Wildman–Crippen LogP) is -1.68. The molecule has 0 amide bonds. The Morgan fingerprint density at radius 3 is 2.75 bits per heavy atom. The minimum atomic E-state index is -1.11. The van der Waals surface area contributed by atoms with Crippen molar-refractivity contribution in [3.05, 3.63) is 10.1 Å². The molecule has 1 aliphatic heterocycles. The van der Waals surface area contributed by atoms with Gasteiger partial charge in [-0.15, -0.1) is 10.1 Å². The summed E-state index contributed by atoms with van der Waals surface area (Å²) < 4.78 is 4.80. The first-order valence-corrected chi connectivity index (χ1v) is 3.36. The van der Waals surface area contributed by atoms with Crippen LogP contribution in [0.2, 0.25) is 0 Å². The van der Waals surface area contributed by atoms with Crippen LogP contribution < -0.4 is 0 Å². The van der Waals surface area contributed by atoms with Crippen LogP contribution in [0.25, 0.3) is 0 Å². The zero-order valence-electron chi connectivity index (χ0n) is 6.12. The van der Waals surface area contributed by atoms with Crippen molar-refractivity contribution in [2.75, 3.05) is 13.2 Å². The molecule has 1 rings (SSSR count). The number of hydrogen-bond donors (Lipinski definition) is 2. The molecule has 0 radical (unpaired) electrons. The number of nitrogens with zero attached hydrogens (tertiary/aromatic N) is 1. The van der Waals surface area contributed by atoms with Crippen molar-refractivity contribution in [3.63, 3.8) is 0 Å². The molecule has 1 heterocycles. The smallest absolute Gasteiger partial charge is 0.294 e. The first-order valence-electron chi connectivity index (χ1n) is 3.36. The molecule has 0 aromatic heterocycles. The molecule has 12 heavy (non-hydrogen) atoms. The first kappa shape index (κ1) is 9.17. The lowest BCUT2D eigenvalue weighted by Gasteiger charge is -2.12. The van der Waals surface area contributed by atoms with Gasteiger partial charge in [-0.25, -0.2) is 0 Å². The van der Waals surface area contributed by atoms with Gasteiger partial charge in [0.1, 0.15) is 24.9 Å². The van der Waals surface area contributed by atoms with Crippen molar-refractivity contribution in [1.82, 2.24) is 0 Å². The van der Waals surface area contributed by atoms with Gasteiger partial charge in [-0.05, 0) is 0 Å². The van der Waals surface area contributed by atoms with E-state index in [1.54, 1.807) is 0 Å². The third-order valence-corrected chi connectivity index (χ3v) is 1.60. The molecule has 0 bridgehead atoms. The van der Waals surface area contributed by atoms with Gasteiger partial charge in [0.05, 0.1) is 6.61 Å². The second-order valence-corrected chi connectivity index (χ2v) is 2.45. The summed E-state index contributed by atoms with van der Waals surface area (Å²) in [5.41, 5.74) is 0. The van der Waals surface area contributed by atoms with Crippen molar-refractivity contribution in [1.29, 1.82) is 0 Å². The highest BCUT2D eigenvalue weighted by atomic mass is 17.0. The molecular formula is C5H9NO6. The summed E-state index contributed by atoms with van der Waals surface area (Å²) in [6.45, 7) is -0.377. The van der Waals surface area contributed by atoms with Gasteiger partial charge in [0.25, 0.3) is 5.09 Å². The first-order chi connectivity index (χ1) is 5.61. The summed E-state index contributed by atoms with van der Waals surface area (Å²) in [6, 6.07) is 0. The summed E-state index contributed by atoms with van der Waals surface area (Å²) in [4.78, 5) is 13.7. The minimum Gasteiger partial charge on any atom is -0.388 e. The SMILES string of the molecule is O=[N+]([O-])OC[C@H]1OC[C@@H](O)[C@H]1O. The number of hydrogen-bond acceptors (Lipinski definition) is 6. The van der Waals surface area contributed by atoms with Gasteiger partial charge in [-0.2, -0.15) is 0 Å². The fourth-order valence-corrected chi connectivity index (χ4v) is 0.948. The normalized spacial score (nSPS) is 35.0. The van der Waals surface area contributed by atoms with Crippen molar-refractivity contribution >= 4 is 0 Å². The van der Waals surface area contributed by atoms with Crippen LogP contribution in [0.15, 0.2) is 0 Å². The van der Waals surface area contributed by atoms with Gasteiger partial charge >= 0.3 is 0 Å². The summed E-state index contributed by atoms with van der Waals surface area (Å²) in [5, 5.41) is 26.8. The maximum atomic E-state index is 9.73. The fourth-order valence-electron chi connectivity index (χ4n) is 0.948. The van der Waals surface area contributed by atoms with E-state index >= 15 is 0 Å². The van der Waals surface area contributed by atoms with Crippen LogP contribution in [0.3, 0.4) is 0 Å². The van der Waals surface area contributed by atoms with Crippen LogP contribution in [0.1, 0.15) is 0 Å². The molecule has 70 valence electrons. The summed E-state index contributed by atoms with van der Waals surface area (Å²) in [7, 11) is 0. The van der Waals surface area contributed by atoms with E-state index in [2.05, 4.69) is 4.84 Å². The minimum absolute atomic E-state index is 0.0209. The molecule has 3 atom stereocenters. The average Bonchev–Trinajstić information content (AvgIpc) is 2.30. The molecule has 0 saturated carbocycles. The van der Waals surface area contributed by atoms with Crippen LogP contribution in [-0.2, 0) is 9.57 Å². The molecule has 0 aromatic carbocycles. The Hall–Kier alpha value is -0.920. The molecule has 0 spiro atoms. The van der Waals surface area contributed by atoms with Crippen LogP contribution in [0.4, 0.5) is 0 Å². The van der Waals surface area contributed by atoms with Crippen molar-refractivity contribution < 1.29 is 24.9 Å². The monoisotopic (exact) mass is 179 g/mol. The molecule has 0 aromatic rings. The Kier molecular flexibility index (Phi) is 2.79. The molecule has 7 nitrogen and oxygen atoms in total. The molecule has 1 aliphatic rings. The summed E-state index contributed by atoms with van der Waals surface area (Å²) in [6.07, 6.45) is -2.90. The Balaban J connectivity index is 2.29. The predicted molar refractivity (Wildman–Crippen MR) is 34.7 cm³/mol. The Labute approximate surface area is 67.6 Å². The number of aliphatic hydroxyl groups excluding tert-OH is 2. The quantitative estimate of drug-likeness (QED) is 0.396. The van der Waals surface area contributed by atoms with Gasteiger partial charge < -0.3 is 19.8 Å². The van der Waals surface area contributed by atoms with Crippen molar-refractivity contribution in [2.24, 2.45) is 0 Å². The zero-order valence-corrected chi connectivity index (χ0v) is 6.12. The highest BCUT2D eigenvalue weighted by Gasteiger charge is 2.35. The number of aliphatic hydroxyl groups is 2. The van der Waals surface area contributed by atoms with Gasteiger partial charge in [0, 0.05) is 0 Å². The highest BCUT2D eigenvalue weighted by molar-refractivity contribution is 4.82. The van der Waals surface area contributed by atoms with E-state index < -0.39 is 23.4 Å². The lowest BCUT2D eigenvalue weighted by atomic mass is 10.2. The summed E-state index contributed by atoms with van der Waals surface area (Å²) >= 11 is 0. The van der Waals surface area contributed by atoms with Gasteiger partial charge in [-0.1, -0.05) is 0 Å². The number of rotatable bonds is 3. The third kappa shape index (κ3) is 2.03. The largest absolute Gasteiger partial charge is 0.388 e. The van der Waals surface area contributed by atoms with Crippen LogP contribution in [-0.4, -0.2) is 46.8 Å². The van der Waals surface area contributed by atoms with E-state index in [0.29, 0.717) is 0 Å². The molecule has 7 heteroatoms. The average molecular weight is 179 g/mol. The highest BCUT2D eigenvalue weighted by Crippen LogP contribution is 2.14. The third-order valence-electron chi connectivity index (χ3n) is 1.60. The van der Waals surface area contributed by atoms with E-state index in [0.717, 1.165) is 0 Å². The Bertz CT molecular complexity index is 173. The number of ether oxygens (including phenoxy) is 1. The van der Waals surface area contributed by atoms with E-state index in [-0.39, 0.29) is 13.2 Å². The maximum Gasteiger partial charge on any atom is 0.294 e. The molecule has 1 fully saturated rings. The second kappa shape index (κ2) is 3.65. The van der Waals surface area contributed by atoms with Crippen LogP contribution in [0.5, 0.6) is 0 Å². The lowest BCUT2D eigenvalue weighted by Crippen LogP contribution is -2.33. The van der Waals surface area contributed by atoms with E-state index in [1.807, 2.05) is 0 Å². The van der Waals surface area contributed by atoms with Crippen molar-refractivity contribution in [2.45, 2.75) is 18.3 Å². The second-order valence-electron chi connectivity index (χ2n) is 2.45. The van der Waals surface area contributed by atoms with E-state index in [9.17, 15) is 10.1 Å². The molecule has 2 N–H and O–H groups in total. The fraction of sp³-hybridized carbons (Fsp3) is 1.00. The van der Waals surface area contributed by atoms with E-state index in [1.165, 1.54) is 0 Å². The molecular weight excluding hydrogens is 170 g/mol. The zero-order chi connectivity index (χ0) is 9.14. The van der Waals surface area contributed by atoms with Crippen LogP contribution >= 0.6 is 0 Å². The summed E-state index contributed by atoms with van der Waals surface area (Å²) in [5.74, 6) is 0. The topological polar surface area (TPSA) is 102 Å². The molecule has 0 unspecified atom stereocenters. The standard InChI is InChI=1S/C5H9NO6/c7-3-1-11-4(5(3)8)2-12-6(9)10/h3-5,7-8H,1-2H2/t3-,4-,5-/m1/s1. The van der Waals surface area contributed by atoms with Crippen LogP contribution in [0, 0.1) is 10.1 Å². The molecule has 1 saturated heterocycles. The van der Waals surface area contributed by atoms with E-state index in [4.69, 9.17) is 14.9 Å². The molecule has 0 aliphatic carbocycles. The van der Waals surface area contributed by atoms with Gasteiger partial charge in [-0.3, -0.25) is 0 Å². The Morgan fingerprint density at radius 1 is 1.67 bits per heavy atom. The van der Waals surface area contributed by atoms with Crippen molar-refractivity contribution in [3.8, 4) is 0 Å². The van der Waals surface area contributed by atoms with Gasteiger partial charge in [0.15, 0.2) is 0 Å². The lowest BCUT2D eigenvalue weighted by molar-refractivity contribution is -0.759. The maximum absolute atomic E-state index is 9.73. The Morgan fingerprint density at radius 2 is 2.33 bits per heavy atom.